The number of hydrogen-bond acceptors (Lipinski definition) is 6. The fourth-order valence-electron chi connectivity index (χ4n) is 3.08. The lowest BCUT2D eigenvalue weighted by atomic mass is 9.91. The van der Waals surface area contributed by atoms with Crippen LogP contribution in [-0.4, -0.2) is 34.5 Å². The van der Waals surface area contributed by atoms with E-state index in [1.807, 2.05) is 6.92 Å². The van der Waals surface area contributed by atoms with Gasteiger partial charge < -0.3 is 15.2 Å². The van der Waals surface area contributed by atoms with Gasteiger partial charge >= 0.3 is 0 Å². The molecule has 132 valence electrons. The molecule has 1 unspecified atom stereocenters. The zero-order chi connectivity index (χ0) is 17.4. The predicted octanol–water partition coefficient (Wildman–Crippen LogP) is 1.87. The standard InChI is InChI=1S/C17H20N4O3S/c1-9-19-13(8-25-9)16(22)20-11-4-5-14-12(6-11)15(21-24-14)17(23)18-7-10-2-3-10/h8,10-11H,2-7H2,1H3,(H,18,23)(H,20,22). The highest BCUT2D eigenvalue weighted by molar-refractivity contribution is 7.09. The number of rotatable bonds is 5. The van der Waals surface area contributed by atoms with E-state index in [4.69, 9.17) is 4.52 Å². The second-order valence-corrected chi connectivity index (χ2v) is 7.81. The van der Waals surface area contributed by atoms with E-state index in [0.29, 0.717) is 36.7 Å². The van der Waals surface area contributed by atoms with Crippen molar-refractivity contribution in [3.63, 3.8) is 0 Å². The maximum atomic E-state index is 12.3. The number of hydrogen-bond donors (Lipinski definition) is 2. The Morgan fingerprint density at radius 2 is 2.16 bits per heavy atom. The average Bonchev–Trinajstić information content (AvgIpc) is 3.17. The molecule has 4 rings (SSSR count). The highest BCUT2D eigenvalue weighted by Gasteiger charge is 2.30. The van der Waals surface area contributed by atoms with Crippen LogP contribution in [0.3, 0.4) is 0 Å². The van der Waals surface area contributed by atoms with E-state index in [1.165, 1.54) is 24.2 Å². The zero-order valence-corrected chi connectivity index (χ0v) is 14.8. The van der Waals surface area contributed by atoms with Crippen molar-refractivity contribution >= 4 is 23.2 Å². The first-order chi connectivity index (χ1) is 12.1. The van der Waals surface area contributed by atoms with Crippen molar-refractivity contribution in [2.24, 2.45) is 5.92 Å². The Morgan fingerprint density at radius 3 is 2.88 bits per heavy atom. The minimum Gasteiger partial charge on any atom is -0.360 e. The van der Waals surface area contributed by atoms with Gasteiger partial charge in [0, 0.05) is 30.0 Å². The lowest BCUT2D eigenvalue weighted by molar-refractivity contribution is 0.0927. The van der Waals surface area contributed by atoms with Gasteiger partial charge in [-0.1, -0.05) is 5.16 Å². The number of nitrogens with zero attached hydrogens (tertiary/aromatic N) is 2. The number of aryl methyl sites for hydroxylation is 2. The van der Waals surface area contributed by atoms with Crippen LogP contribution in [0.1, 0.15) is 56.6 Å². The summed E-state index contributed by atoms with van der Waals surface area (Å²) in [5.74, 6) is 1.01. The van der Waals surface area contributed by atoms with Crippen molar-refractivity contribution in [2.75, 3.05) is 6.54 Å². The van der Waals surface area contributed by atoms with Crippen molar-refractivity contribution < 1.29 is 14.1 Å². The summed E-state index contributed by atoms with van der Waals surface area (Å²) in [6, 6.07) is -0.0450. The van der Waals surface area contributed by atoms with Crippen LogP contribution in [-0.2, 0) is 12.8 Å². The van der Waals surface area contributed by atoms with Crippen molar-refractivity contribution in [1.82, 2.24) is 20.8 Å². The molecule has 0 aromatic carbocycles. The van der Waals surface area contributed by atoms with Crippen LogP contribution in [0.2, 0.25) is 0 Å². The molecular formula is C17H20N4O3S. The van der Waals surface area contributed by atoms with Gasteiger partial charge in [0.05, 0.1) is 5.01 Å². The Kier molecular flexibility index (Phi) is 4.29. The summed E-state index contributed by atoms with van der Waals surface area (Å²) >= 11 is 1.45. The molecule has 1 atom stereocenters. The largest absolute Gasteiger partial charge is 0.360 e. The SMILES string of the molecule is Cc1nc(C(=O)NC2CCc3onc(C(=O)NCC4CC4)c3C2)cs1. The number of amides is 2. The Labute approximate surface area is 149 Å². The van der Waals surface area contributed by atoms with Gasteiger partial charge in [-0.2, -0.15) is 0 Å². The summed E-state index contributed by atoms with van der Waals surface area (Å²) in [6.07, 6.45) is 4.35. The van der Waals surface area contributed by atoms with Gasteiger partial charge in [-0.15, -0.1) is 11.3 Å². The summed E-state index contributed by atoms with van der Waals surface area (Å²) in [4.78, 5) is 28.8. The molecule has 8 heteroatoms. The molecule has 2 aromatic heterocycles. The van der Waals surface area contributed by atoms with Gasteiger partial charge in [0.2, 0.25) is 0 Å². The first-order valence-corrected chi connectivity index (χ1v) is 9.46. The van der Waals surface area contributed by atoms with Crippen molar-refractivity contribution in [3.05, 3.63) is 33.1 Å². The monoisotopic (exact) mass is 360 g/mol. The van der Waals surface area contributed by atoms with Gasteiger partial charge in [-0.3, -0.25) is 9.59 Å². The average molecular weight is 360 g/mol. The third-order valence-corrected chi connectivity index (χ3v) is 5.46. The second kappa shape index (κ2) is 6.59. The maximum absolute atomic E-state index is 12.3. The van der Waals surface area contributed by atoms with Gasteiger partial charge in [-0.25, -0.2) is 4.98 Å². The minimum atomic E-state index is -0.181. The van der Waals surface area contributed by atoms with E-state index in [-0.39, 0.29) is 17.9 Å². The molecule has 25 heavy (non-hydrogen) atoms. The van der Waals surface area contributed by atoms with Crippen LogP contribution in [0, 0.1) is 12.8 Å². The number of thiazole rings is 1. The van der Waals surface area contributed by atoms with Crippen LogP contribution in [0.5, 0.6) is 0 Å². The fourth-order valence-corrected chi connectivity index (χ4v) is 3.67. The molecule has 2 amide bonds. The summed E-state index contributed by atoms with van der Waals surface area (Å²) in [5.41, 5.74) is 1.62. The topological polar surface area (TPSA) is 97.1 Å². The van der Waals surface area contributed by atoms with Gasteiger partial charge in [0.25, 0.3) is 11.8 Å². The molecule has 0 aliphatic heterocycles. The Balaban J connectivity index is 1.42. The van der Waals surface area contributed by atoms with Crippen LogP contribution >= 0.6 is 11.3 Å². The van der Waals surface area contributed by atoms with Crippen LogP contribution in [0.4, 0.5) is 0 Å². The molecule has 2 heterocycles. The fraction of sp³-hybridized carbons (Fsp3) is 0.529. The number of aromatic nitrogens is 2. The molecule has 0 saturated heterocycles. The molecular weight excluding hydrogens is 340 g/mol. The first-order valence-electron chi connectivity index (χ1n) is 8.58. The molecule has 7 nitrogen and oxygen atoms in total. The van der Waals surface area contributed by atoms with Gasteiger partial charge in [-0.05, 0) is 38.5 Å². The normalized spacial score (nSPS) is 19.3. The quantitative estimate of drug-likeness (QED) is 0.848. The van der Waals surface area contributed by atoms with Crippen LogP contribution in [0.25, 0.3) is 0 Å². The summed E-state index contributed by atoms with van der Waals surface area (Å²) in [6.45, 7) is 2.57. The molecule has 2 aromatic rings. The first kappa shape index (κ1) is 16.3. The Hall–Kier alpha value is -2.22. The molecule has 0 radical (unpaired) electrons. The van der Waals surface area contributed by atoms with E-state index >= 15 is 0 Å². The summed E-state index contributed by atoms with van der Waals surface area (Å²) < 4.78 is 5.34. The lowest BCUT2D eigenvalue weighted by Crippen LogP contribution is -2.39. The second-order valence-electron chi connectivity index (χ2n) is 6.75. The van der Waals surface area contributed by atoms with Crippen LogP contribution in [0.15, 0.2) is 9.90 Å². The molecule has 0 bridgehead atoms. The Bertz CT molecular complexity index is 809. The molecule has 2 N–H and O–H groups in total. The predicted molar refractivity (Wildman–Crippen MR) is 91.7 cm³/mol. The van der Waals surface area contributed by atoms with Crippen LogP contribution < -0.4 is 10.6 Å². The van der Waals surface area contributed by atoms with E-state index in [9.17, 15) is 9.59 Å². The van der Waals surface area contributed by atoms with Gasteiger partial charge in [0.1, 0.15) is 11.5 Å². The molecule has 0 spiro atoms. The van der Waals surface area contributed by atoms with Gasteiger partial charge in [0.15, 0.2) is 5.69 Å². The maximum Gasteiger partial charge on any atom is 0.273 e. The highest BCUT2D eigenvalue weighted by Crippen LogP contribution is 2.28. The highest BCUT2D eigenvalue weighted by atomic mass is 32.1. The van der Waals surface area contributed by atoms with E-state index in [0.717, 1.165) is 22.8 Å². The summed E-state index contributed by atoms with van der Waals surface area (Å²) in [7, 11) is 0. The smallest absolute Gasteiger partial charge is 0.273 e. The molecule has 1 fully saturated rings. The number of carbonyl (C=O) groups is 2. The third-order valence-electron chi connectivity index (χ3n) is 4.69. The minimum absolute atomic E-state index is 0.0450. The van der Waals surface area contributed by atoms with Crippen molar-refractivity contribution in [2.45, 2.75) is 45.1 Å². The van der Waals surface area contributed by atoms with Crippen molar-refractivity contribution in [1.29, 1.82) is 0 Å². The molecule has 1 saturated carbocycles. The van der Waals surface area contributed by atoms with Crippen molar-refractivity contribution in [3.8, 4) is 0 Å². The Morgan fingerprint density at radius 1 is 1.32 bits per heavy atom. The number of carbonyl (C=O) groups excluding carboxylic acids is 2. The lowest BCUT2D eigenvalue weighted by Gasteiger charge is -2.22. The summed E-state index contributed by atoms with van der Waals surface area (Å²) in [5, 5.41) is 12.5. The van der Waals surface area contributed by atoms with E-state index < -0.39 is 0 Å². The van der Waals surface area contributed by atoms with E-state index in [2.05, 4.69) is 20.8 Å². The molecule has 2 aliphatic carbocycles. The number of fused-ring (bicyclic) bond motifs is 1. The number of nitrogens with one attached hydrogen (secondary N) is 2. The molecule has 2 aliphatic rings. The third kappa shape index (κ3) is 3.58. The van der Waals surface area contributed by atoms with E-state index in [1.54, 1.807) is 5.38 Å². The zero-order valence-electron chi connectivity index (χ0n) is 14.0.